The maximum Gasteiger partial charge on any atom is 0.258 e. The van der Waals surface area contributed by atoms with Gasteiger partial charge in [0.2, 0.25) is 17.8 Å². The minimum absolute atomic E-state index is 0.127. The van der Waals surface area contributed by atoms with Crippen LogP contribution in [0.5, 0.6) is 5.75 Å². The fourth-order valence-electron chi connectivity index (χ4n) is 3.54. The van der Waals surface area contributed by atoms with Crippen LogP contribution in [-0.4, -0.2) is 54.7 Å². The monoisotopic (exact) mass is 413 g/mol. The molecule has 0 aliphatic carbocycles. The van der Waals surface area contributed by atoms with E-state index in [9.17, 15) is 14.4 Å². The Morgan fingerprint density at radius 3 is 2.70 bits per heavy atom. The molecule has 1 atom stereocenters. The summed E-state index contributed by atoms with van der Waals surface area (Å²) in [6, 6.07) is 6.89. The molecule has 3 N–H and O–H groups in total. The van der Waals surface area contributed by atoms with Crippen molar-refractivity contribution in [3.63, 3.8) is 0 Å². The van der Waals surface area contributed by atoms with E-state index in [0.29, 0.717) is 50.3 Å². The van der Waals surface area contributed by atoms with Crippen molar-refractivity contribution >= 4 is 29.3 Å². The minimum Gasteiger partial charge on any atom is -0.494 e. The summed E-state index contributed by atoms with van der Waals surface area (Å²) in [5.41, 5.74) is 0.272. The van der Waals surface area contributed by atoms with Gasteiger partial charge in [0, 0.05) is 25.2 Å². The Hall–Kier alpha value is -3.40. The zero-order valence-corrected chi connectivity index (χ0v) is 16.6. The summed E-state index contributed by atoms with van der Waals surface area (Å²) in [4.78, 5) is 47.0. The average molecular weight is 413 g/mol. The molecule has 10 nitrogen and oxygen atoms in total. The standard InChI is InChI=1S/C20H23N5O5/c1-2-30-13-5-3-12(4-6-13)21-18(27)14-11-15(26)22-17-16(14)19(28)24-20(23-17)25-7-9-29-10-8-25/h3-6,14H,2,7-11H2,1H3,(H,21,27)(H2,22,23,24,26,28)/t14-/m1/s1. The summed E-state index contributed by atoms with van der Waals surface area (Å²) in [6.45, 7) is 4.65. The lowest BCUT2D eigenvalue weighted by atomic mass is 9.92. The van der Waals surface area contributed by atoms with Crippen LogP contribution in [-0.2, 0) is 14.3 Å². The summed E-state index contributed by atoms with van der Waals surface area (Å²) >= 11 is 0. The number of fused-ring (bicyclic) bond motifs is 1. The Bertz CT molecular complexity index is 998. The topological polar surface area (TPSA) is 126 Å². The smallest absolute Gasteiger partial charge is 0.258 e. The van der Waals surface area contributed by atoms with Gasteiger partial charge in [-0.3, -0.25) is 19.4 Å². The molecule has 4 rings (SSSR count). The number of morpholine rings is 1. The van der Waals surface area contributed by atoms with Crippen LogP contribution in [0.1, 0.15) is 24.8 Å². The summed E-state index contributed by atoms with van der Waals surface area (Å²) in [5, 5.41) is 5.39. The van der Waals surface area contributed by atoms with Crippen molar-refractivity contribution in [1.29, 1.82) is 0 Å². The number of anilines is 3. The van der Waals surface area contributed by atoms with Gasteiger partial charge < -0.3 is 25.0 Å². The number of nitrogens with zero attached hydrogens (tertiary/aromatic N) is 2. The highest BCUT2D eigenvalue weighted by Gasteiger charge is 2.35. The number of benzene rings is 1. The molecule has 2 aliphatic heterocycles. The molecule has 0 bridgehead atoms. The molecule has 2 aliphatic rings. The van der Waals surface area contributed by atoms with Crippen LogP contribution in [0.15, 0.2) is 29.1 Å². The summed E-state index contributed by atoms with van der Waals surface area (Å²) in [5.74, 6) is -0.565. The van der Waals surface area contributed by atoms with E-state index in [2.05, 4.69) is 20.6 Å². The Labute approximate surface area is 172 Å². The molecule has 0 unspecified atom stereocenters. The summed E-state index contributed by atoms with van der Waals surface area (Å²) in [7, 11) is 0. The second-order valence-corrected chi connectivity index (χ2v) is 7.00. The molecular weight excluding hydrogens is 390 g/mol. The van der Waals surface area contributed by atoms with Gasteiger partial charge in [-0.1, -0.05) is 0 Å². The number of H-pyrrole nitrogens is 1. The van der Waals surface area contributed by atoms with E-state index in [1.54, 1.807) is 24.3 Å². The molecule has 1 saturated heterocycles. The van der Waals surface area contributed by atoms with Gasteiger partial charge in [-0.15, -0.1) is 0 Å². The molecule has 30 heavy (non-hydrogen) atoms. The Morgan fingerprint density at radius 2 is 2.00 bits per heavy atom. The van der Waals surface area contributed by atoms with Gasteiger partial charge >= 0.3 is 0 Å². The third-order valence-electron chi connectivity index (χ3n) is 5.00. The lowest BCUT2D eigenvalue weighted by molar-refractivity contribution is -0.123. The van der Waals surface area contributed by atoms with E-state index in [4.69, 9.17) is 9.47 Å². The molecule has 0 spiro atoms. The van der Waals surface area contributed by atoms with Crippen LogP contribution in [0.4, 0.5) is 17.5 Å². The Morgan fingerprint density at radius 1 is 1.27 bits per heavy atom. The van der Waals surface area contributed by atoms with E-state index in [1.807, 2.05) is 11.8 Å². The molecule has 0 radical (unpaired) electrons. The highest BCUT2D eigenvalue weighted by molar-refractivity contribution is 6.04. The summed E-state index contributed by atoms with van der Waals surface area (Å²) in [6.07, 6.45) is -0.127. The first-order valence-corrected chi connectivity index (χ1v) is 9.85. The predicted octanol–water partition coefficient (Wildman–Crippen LogP) is 1.07. The van der Waals surface area contributed by atoms with Crippen LogP contribution in [0.25, 0.3) is 0 Å². The van der Waals surface area contributed by atoms with Gasteiger partial charge in [0.25, 0.3) is 5.56 Å². The molecule has 158 valence electrons. The van der Waals surface area contributed by atoms with E-state index in [-0.39, 0.29) is 23.7 Å². The quantitative estimate of drug-likeness (QED) is 0.669. The van der Waals surface area contributed by atoms with Crippen molar-refractivity contribution in [2.45, 2.75) is 19.3 Å². The van der Waals surface area contributed by atoms with Gasteiger partial charge in [-0.25, -0.2) is 0 Å². The van der Waals surface area contributed by atoms with Crippen molar-refractivity contribution in [2.75, 3.05) is 48.4 Å². The number of carbonyl (C=O) groups is 2. The lowest BCUT2D eigenvalue weighted by Crippen LogP contribution is -2.41. The molecule has 10 heteroatoms. The fourth-order valence-corrected chi connectivity index (χ4v) is 3.54. The molecule has 1 aromatic carbocycles. The van der Waals surface area contributed by atoms with Gasteiger partial charge in [-0.05, 0) is 31.2 Å². The first-order valence-electron chi connectivity index (χ1n) is 9.85. The molecule has 1 aromatic heterocycles. The molecule has 2 amide bonds. The number of amides is 2. The number of aromatic nitrogens is 2. The van der Waals surface area contributed by atoms with Crippen LogP contribution in [0.3, 0.4) is 0 Å². The van der Waals surface area contributed by atoms with Crippen molar-refractivity contribution in [3.8, 4) is 5.75 Å². The maximum atomic E-state index is 12.9. The highest BCUT2D eigenvalue weighted by atomic mass is 16.5. The molecule has 2 aromatic rings. The second kappa shape index (κ2) is 8.54. The lowest BCUT2D eigenvalue weighted by Gasteiger charge is -2.29. The Balaban J connectivity index is 1.58. The minimum atomic E-state index is -0.935. The fraction of sp³-hybridized carbons (Fsp3) is 0.400. The van der Waals surface area contributed by atoms with Crippen molar-refractivity contribution in [3.05, 3.63) is 40.2 Å². The zero-order valence-electron chi connectivity index (χ0n) is 16.6. The van der Waals surface area contributed by atoms with E-state index < -0.39 is 17.4 Å². The van der Waals surface area contributed by atoms with Gasteiger partial charge in [-0.2, -0.15) is 4.98 Å². The van der Waals surface area contributed by atoms with E-state index in [1.165, 1.54) is 0 Å². The molecule has 0 saturated carbocycles. The molecule has 1 fully saturated rings. The third kappa shape index (κ3) is 4.13. The molecular formula is C20H23N5O5. The van der Waals surface area contributed by atoms with Crippen molar-refractivity contribution < 1.29 is 19.1 Å². The van der Waals surface area contributed by atoms with Crippen molar-refractivity contribution in [2.24, 2.45) is 0 Å². The number of rotatable bonds is 5. The number of aromatic amines is 1. The van der Waals surface area contributed by atoms with Crippen LogP contribution < -0.4 is 25.8 Å². The van der Waals surface area contributed by atoms with Crippen LogP contribution in [0, 0.1) is 0 Å². The number of hydrogen-bond acceptors (Lipinski definition) is 7. The van der Waals surface area contributed by atoms with E-state index in [0.717, 1.165) is 0 Å². The SMILES string of the molecule is CCOc1ccc(NC(=O)[C@@H]2CC(=O)Nc3nc(N4CCOCC4)[nH]c(=O)c32)cc1. The first kappa shape index (κ1) is 19.9. The number of nitrogens with one attached hydrogen (secondary N) is 3. The normalized spacial score (nSPS) is 18.4. The zero-order chi connectivity index (χ0) is 21.1. The Kier molecular flexibility index (Phi) is 5.66. The second-order valence-electron chi connectivity index (χ2n) is 7.00. The molecule has 3 heterocycles. The third-order valence-corrected chi connectivity index (χ3v) is 5.00. The number of carbonyl (C=O) groups excluding carboxylic acids is 2. The largest absolute Gasteiger partial charge is 0.494 e. The highest BCUT2D eigenvalue weighted by Crippen LogP contribution is 2.30. The number of ether oxygens (including phenoxy) is 2. The average Bonchev–Trinajstić information content (AvgIpc) is 2.75. The van der Waals surface area contributed by atoms with Gasteiger partial charge in [0.1, 0.15) is 11.6 Å². The van der Waals surface area contributed by atoms with Gasteiger partial charge in [0.15, 0.2) is 0 Å². The van der Waals surface area contributed by atoms with Crippen LogP contribution in [0.2, 0.25) is 0 Å². The van der Waals surface area contributed by atoms with Crippen molar-refractivity contribution in [1.82, 2.24) is 9.97 Å². The first-order chi connectivity index (χ1) is 14.5. The summed E-state index contributed by atoms with van der Waals surface area (Å²) < 4.78 is 10.7. The van der Waals surface area contributed by atoms with E-state index >= 15 is 0 Å². The maximum absolute atomic E-state index is 12.9. The van der Waals surface area contributed by atoms with Gasteiger partial charge in [0.05, 0.1) is 31.3 Å². The number of hydrogen-bond donors (Lipinski definition) is 3. The predicted molar refractivity (Wildman–Crippen MR) is 110 cm³/mol. The van der Waals surface area contributed by atoms with Crippen LogP contribution >= 0.6 is 0 Å².